The van der Waals surface area contributed by atoms with E-state index in [0.29, 0.717) is 0 Å². The van der Waals surface area contributed by atoms with Crippen LogP contribution >= 0.6 is 0 Å². The normalized spacial score (nSPS) is 11.6. The molecule has 0 amide bonds. The molecule has 0 aliphatic rings. The fraction of sp³-hybridized carbons (Fsp3) is 0. The van der Waals surface area contributed by atoms with Crippen molar-refractivity contribution in [1.29, 1.82) is 0 Å². The van der Waals surface area contributed by atoms with Crippen molar-refractivity contribution in [3.05, 3.63) is 158 Å². The minimum atomic E-state index is 0.721. The molecule has 3 heterocycles. The van der Waals surface area contributed by atoms with E-state index in [4.69, 9.17) is 9.97 Å². The van der Waals surface area contributed by atoms with Gasteiger partial charge in [-0.25, -0.2) is 9.97 Å². The summed E-state index contributed by atoms with van der Waals surface area (Å²) in [6.07, 6.45) is 2.17. The molecule has 9 rings (SSSR count). The summed E-state index contributed by atoms with van der Waals surface area (Å²) in [7, 11) is 0. The number of benzene rings is 6. The van der Waals surface area contributed by atoms with Gasteiger partial charge in [0.05, 0.1) is 27.8 Å². The highest BCUT2D eigenvalue weighted by Crippen LogP contribution is 2.38. The lowest BCUT2D eigenvalue weighted by Crippen LogP contribution is -1.97. The van der Waals surface area contributed by atoms with Crippen LogP contribution in [0.5, 0.6) is 0 Å². The summed E-state index contributed by atoms with van der Waals surface area (Å²) in [5, 5.41) is 4.76. The van der Waals surface area contributed by atoms with Gasteiger partial charge in [0.15, 0.2) is 5.82 Å². The van der Waals surface area contributed by atoms with E-state index >= 15 is 0 Å². The van der Waals surface area contributed by atoms with Gasteiger partial charge >= 0.3 is 0 Å². The Bertz CT molecular complexity index is 2470. The molecular formula is C40H26N4. The zero-order valence-corrected chi connectivity index (χ0v) is 23.8. The fourth-order valence-corrected chi connectivity index (χ4v) is 6.54. The van der Waals surface area contributed by atoms with E-state index in [2.05, 4.69) is 149 Å². The number of hydrogen-bond acceptors (Lipinski definition) is 2. The van der Waals surface area contributed by atoms with Gasteiger partial charge in [0, 0.05) is 50.2 Å². The fourth-order valence-electron chi connectivity index (χ4n) is 6.54. The molecule has 9 aromatic rings. The summed E-state index contributed by atoms with van der Waals surface area (Å²) in [6, 6.07) is 53.2. The van der Waals surface area contributed by atoms with Crippen LogP contribution in [-0.2, 0) is 0 Å². The van der Waals surface area contributed by atoms with Crippen molar-refractivity contribution in [3.63, 3.8) is 0 Å². The van der Waals surface area contributed by atoms with Crippen molar-refractivity contribution >= 4 is 43.6 Å². The van der Waals surface area contributed by atoms with Gasteiger partial charge in [-0.05, 0) is 60.7 Å². The van der Waals surface area contributed by atoms with Crippen LogP contribution in [-0.4, -0.2) is 19.1 Å². The van der Waals surface area contributed by atoms with Gasteiger partial charge in [0.25, 0.3) is 0 Å². The number of hydrogen-bond donors (Lipinski definition) is 0. The molecule has 0 saturated carbocycles. The summed E-state index contributed by atoms with van der Waals surface area (Å²) in [5.74, 6) is 0.721. The molecule has 0 unspecified atom stereocenters. The molecule has 0 spiro atoms. The Morgan fingerprint density at radius 1 is 0.455 bits per heavy atom. The van der Waals surface area contributed by atoms with Gasteiger partial charge in [-0.3, -0.25) is 0 Å². The van der Waals surface area contributed by atoms with E-state index in [1.807, 2.05) is 18.2 Å². The predicted molar refractivity (Wildman–Crippen MR) is 182 cm³/mol. The smallest absolute Gasteiger partial charge is 0.160 e. The maximum atomic E-state index is 5.08. The van der Waals surface area contributed by atoms with E-state index in [1.165, 1.54) is 32.7 Å². The van der Waals surface area contributed by atoms with E-state index in [1.54, 1.807) is 0 Å². The maximum absolute atomic E-state index is 5.08. The quantitative estimate of drug-likeness (QED) is 0.214. The summed E-state index contributed by atoms with van der Waals surface area (Å²) in [6.45, 7) is 0. The first kappa shape index (κ1) is 24.6. The molecule has 6 aromatic carbocycles. The zero-order valence-electron chi connectivity index (χ0n) is 23.8. The van der Waals surface area contributed by atoms with Gasteiger partial charge < -0.3 is 9.13 Å². The van der Waals surface area contributed by atoms with Crippen LogP contribution in [0.4, 0.5) is 0 Å². The summed E-state index contributed by atoms with van der Waals surface area (Å²) >= 11 is 0. The Morgan fingerprint density at radius 3 is 1.98 bits per heavy atom. The zero-order chi connectivity index (χ0) is 29.0. The number of para-hydroxylation sites is 3. The van der Waals surface area contributed by atoms with Crippen molar-refractivity contribution in [2.24, 2.45) is 0 Å². The van der Waals surface area contributed by atoms with Crippen LogP contribution in [0.25, 0.3) is 77.6 Å². The Hall–Kier alpha value is -6.00. The molecule has 4 nitrogen and oxygen atoms in total. The molecule has 0 N–H and O–H groups in total. The van der Waals surface area contributed by atoms with Crippen LogP contribution in [0.15, 0.2) is 158 Å². The second kappa shape index (κ2) is 9.79. The Balaban J connectivity index is 1.23. The first-order valence-electron chi connectivity index (χ1n) is 14.9. The molecule has 0 aliphatic heterocycles. The average Bonchev–Trinajstić information content (AvgIpc) is 3.68. The highest BCUT2D eigenvalue weighted by molar-refractivity contribution is 6.20. The first-order valence-corrected chi connectivity index (χ1v) is 14.9. The van der Waals surface area contributed by atoms with Gasteiger partial charge in [-0.2, -0.15) is 0 Å². The molecule has 0 radical (unpaired) electrons. The molecule has 0 fully saturated rings. The van der Waals surface area contributed by atoms with E-state index < -0.39 is 0 Å². The van der Waals surface area contributed by atoms with E-state index in [9.17, 15) is 0 Å². The molecule has 0 bridgehead atoms. The maximum Gasteiger partial charge on any atom is 0.160 e. The van der Waals surface area contributed by atoms with Gasteiger partial charge in [-0.1, -0.05) is 91.0 Å². The van der Waals surface area contributed by atoms with Crippen LogP contribution in [0.2, 0.25) is 0 Å². The highest BCUT2D eigenvalue weighted by atomic mass is 15.0. The van der Waals surface area contributed by atoms with Crippen molar-refractivity contribution in [3.8, 4) is 34.0 Å². The van der Waals surface area contributed by atoms with Crippen LogP contribution in [0, 0.1) is 0 Å². The Morgan fingerprint density at radius 2 is 1.16 bits per heavy atom. The van der Waals surface area contributed by atoms with E-state index in [0.717, 1.165) is 44.9 Å². The topological polar surface area (TPSA) is 35.6 Å². The van der Waals surface area contributed by atoms with Crippen molar-refractivity contribution in [1.82, 2.24) is 19.1 Å². The Labute approximate surface area is 254 Å². The molecule has 0 atom stereocenters. The third kappa shape index (κ3) is 3.78. The average molecular weight is 563 g/mol. The predicted octanol–water partition coefficient (Wildman–Crippen LogP) is 10.0. The summed E-state index contributed by atoms with van der Waals surface area (Å²) in [4.78, 5) is 10.0. The standard InChI is InChI=1S/C40H26N4/c1-3-11-27(12-4-1)38-32-15-7-9-17-34(32)41-40(42-38)29-19-22-31(23-20-29)44-35-18-10-8-16-33(35)37-36(44)24-21-28-25-26-43(39(28)37)30-13-5-2-6-14-30/h1-26H. The van der Waals surface area contributed by atoms with Crippen molar-refractivity contribution in [2.75, 3.05) is 0 Å². The van der Waals surface area contributed by atoms with Crippen LogP contribution in [0.3, 0.4) is 0 Å². The first-order chi connectivity index (χ1) is 21.8. The lowest BCUT2D eigenvalue weighted by molar-refractivity contribution is 1.13. The monoisotopic (exact) mass is 562 g/mol. The Kier molecular flexibility index (Phi) is 5.47. The molecule has 206 valence electrons. The van der Waals surface area contributed by atoms with E-state index in [-0.39, 0.29) is 0 Å². The highest BCUT2D eigenvalue weighted by Gasteiger charge is 2.18. The molecule has 44 heavy (non-hydrogen) atoms. The third-order valence-electron chi connectivity index (χ3n) is 8.55. The van der Waals surface area contributed by atoms with Gasteiger partial charge in [0.2, 0.25) is 0 Å². The molecular weight excluding hydrogens is 536 g/mol. The minimum absolute atomic E-state index is 0.721. The number of nitrogens with zero attached hydrogens (tertiary/aromatic N) is 4. The molecule has 4 heteroatoms. The largest absolute Gasteiger partial charge is 0.316 e. The lowest BCUT2D eigenvalue weighted by atomic mass is 10.1. The SMILES string of the molecule is c1ccc(-c2nc(-c3ccc(-n4c5ccccc5c5c6c(ccc54)ccn6-c4ccccc4)cc3)nc3ccccc23)cc1. The molecule has 0 aliphatic carbocycles. The minimum Gasteiger partial charge on any atom is -0.316 e. The number of fused-ring (bicyclic) bond motifs is 6. The van der Waals surface area contributed by atoms with Crippen molar-refractivity contribution in [2.45, 2.75) is 0 Å². The summed E-state index contributed by atoms with van der Waals surface area (Å²) in [5.41, 5.74) is 9.78. The van der Waals surface area contributed by atoms with Crippen LogP contribution < -0.4 is 0 Å². The molecule has 0 saturated heterocycles. The second-order valence-electron chi connectivity index (χ2n) is 11.1. The van der Waals surface area contributed by atoms with Crippen LogP contribution in [0.1, 0.15) is 0 Å². The molecule has 3 aromatic heterocycles. The lowest BCUT2D eigenvalue weighted by Gasteiger charge is -2.11. The summed E-state index contributed by atoms with van der Waals surface area (Å²) < 4.78 is 4.67. The van der Waals surface area contributed by atoms with Gasteiger partial charge in [0.1, 0.15) is 0 Å². The number of rotatable bonds is 4. The van der Waals surface area contributed by atoms with Crippen molar-refractivity contribution < 1.29 is 0 Å². The van der Waals surface area contributed by atoms with Gasteiger partial charge in [-0.15, -0.1) is 0 Å². The second-order valence-corrected chi connectivity index (χ2v) is 11.1. The number of aromatic nitrogens is 4. The third-order valence-corrected chi connectivity index (χ3v) is 8.55.